The van der Waals surface area contributed by atoms with Crippen molar-refractivity contribution in [3.8, 4) is 5.88 Å². The number of sulfonamides is 1. The normalized spacial score (nSPS) is 14.0. The molecule has 1 aromatic carbocycles. The lowest BCUT2D eigenvalue weighted by Crippen LogP contribution is -2.20. The summed E-state index contributed by atoms with van der Waals surface area (Å²) in [5.41, 5.74) is 0.432. The first-order chi connectivity index (χ1) is 10.9. The number of hydrogen-bond donors (Lipinski definition) is 2. The number of para-hydroxylation sites is 1. The average molecular weight is 337 g/mol. The van der Waals surface area contributed by atoms with E-state index in [1.807, 2.05) is 0 Å². The van der Waals surface area contributed by atoms with Gasteiger partial charge in [0, 0.05) is 13.0 Å². The molecule has 23 heavy (non-hydrogen) atoms. The predicted molar refractivity (Wildman–Crippen MR) is 81.3 cm³/mol. The minimum Gasteiger partial charge on any atom is -0.478 e. The maximum atomic E-state index is 12.6. The number of ether oxygens (including phenoxy) is 1. The molecule has 1 aliphatic rings. The monoisotopic (exact) mass is 337 g/mol. The van der Waals surface area contributed by atoms with Gasteiger partial charge in [0.2, 0.25) is 5.88 Å². The highest BCUT2D eigenvalue weighted by molar-refractivity contribution is 7.92. The molecular weight excluding hydrogens is 322 g/mol. The molecule has 0 unspecified atom stereocenters. The Bertz CT molecular complexity index is 873. The van der Waals surface area contributed by atoms with Crippen LogP contribution in [-0.4, -0.2) is 35.9 Å². The molecular formula is C14H15N3O5S. The lowest BCUT2D eigenvalue weighted by molar-refractivity contribution is 0.0698. The molecule has 8 nitrogen and oxygen atoms in total. The molecule has 0 spiro atoms. The van der Waals surface area contributed by atoms with E-state index >= 15 is 0 Å². The fourth-order valence-electron chi connectivity index (χ4n) is 2.40. The van der Waals surface area contributed by atoms with Crippen LogP contribution in [0.25, 0.3) is 0 Å². The highest BCUT2D eigenvalue weighted by Crippen LogP contribution is 2.30. The zero-order valence-corrected chi connectivity index (χ0v) is 13.1. The Morgan fingerprint density at radius 2 is 2.22 bits per heavy atom. The molecule has 0 amide bonds. The van der Waals surface area contributed by atoms with Crippen LogP contribution >= 0.6 is 0 Å². The average Bonchev–Trinajstić information content (AvgIpc) is 2.93. The molecule has 3 rings (SSSR count). The summed E-state index contributed by atoms with van der Waals surface area (Å²) in [5.74, 6) is -1.03. The van der Waals surface area contributed by atoms with Gasteiger partial charge in [-0.1, -0.05) is 12.1 Å². The third-order valence-electron chi connectivity index (χ3n) is 3.54. The first-order valence-electron chi connectivity index (χ1n) is 6.94. The van der Waals surface area contributed by atoms with Crippen molar-refractivity contribution in [3.63, 3.8) is 0 Å². The number of nitrogens with zero attached hydrogens (tertiary/aromatic N) is 2. The number of carbonyl (C=O) groups is 1. The van der Waals surface area contributed by atoms with Crippen molar-refractivity contribution < 1.29 is 23.1 Å². The van der Waals surface area contributed by atoms with E-state index in [2.05, 4.69) is 9.82 Å². The molecule has 1 aliphatic heterocycles. The number of carboxylic acids is 1. The first-order valence-corrected chi connectivity index (χ1v) is 8.43. The minimum atomic E-state index is -4.01. The summed E-state index contributed by atoms with van der Waals surface area (Å²) in [7, 11) is -4.01. The summed E-state index contributed by atoms with van der Waals surface area (Å²) in [4.78, 5) is 11.2. The number of aromatic carboxylic acids is 1. The van der Waals surface area contributed by atoms with Crippen LogP contribution in [0.1, 0.15) is 22.3 Å². The van der Waals surface area contributed by atoms with Gasteiger partial charge in [0.05, 0.1) is 24.1 Å². The number of anilines is 1. The third-order valence-corrected chi connectivity index (χ3v) is 4.87. The highest BCUT2D eigenvalue weighted by atomic mass is 32.2. The molecule has 0 saturated heterocycles. The zero-order valence-electron chi connectivity index (χ0n) is 12.3. The topological polar surface area (TPSA) is 111 Å². The van der Waals surface area contributed by atoms with Gasteiger partial charge in [0.15, 0.2) is 4.90 Å². The molecule has 9 heteroatoms. The van der Waals surface area contributed by atoms with E-state index in [0.29, 0.717) is 18.7 Å². The van der Waals surface area contributed by atoms with Crippen molar-refractivity contribution in [3.05, 3.63) is 35.5 Å². The number of aryl methyl sites for hydroxylation is 2. The standard InChI is InChI=1S/C14H15N3O5S/c1-9-4-2-5-10(14(18)19)12(9)16-23(20,21)11-8-15-17-6-3-7-22-13(11)17/h2,4-5,8,16H,3,6-7H2,1H3,(H,18,19). The molecule has 1 aromatic heterocycles. The van der Waals surface area contributed by atoms with Crippen molar-refractivity contribution in [2.24, 2.45) is 0 Å². The smallest absolute Gasteiger partial charge is 0.337 e. The fraction of sp³-hybridized carbons (Fsp3) is 0.286. The number of benzene rings is 1. The van der Waals surface area contributed by atoms with Crippen LogP contribution < -0.4 is 9.46 Å². The molecule has 0 fully saturated rings. The van der Waals surface area contributed by atoms with E-state index in [1.165, 1.54) is 16.9 Å². The molecule has 0 atom stereocenters. The van der Waals surface area contributed by atoms with Gasteiger partial charge < -0.3 is 9.84 Å². The van der Waals surface area contributed by atoms with Crippen LogP contribution in [0.4, 0.5) is 5.69 Å². The van der Waals surface area contributed by atoms with Gasteiger partial charge in [-0.3, -0.25) is 4.72 Å². The summed E-state index contributed by atoms with van der Waals surface area (Å²) < 4.78 is 34.5. The Morgan fingerprint density at radius 1 is 1.43 bits per heavy atom. The van der Waals surface area contributed by atoms with Gasteiger partial charge in [-0.2, -0.15) is 5.10 Å². The van der Waals surface area contributed by atoms with Crippen LogP contribution in [-0.2, 0) is 16.6 Å². The lowest BCUT2D eigenvalue weighted by Gasteiger charge is -2.17. The summed E-state index contributed by atoms with van der Waals surface area (Å²) in [6.07, 6.45) is 1.96. The number of rotatable bonds is 4. The molecule has 122 valence electrons. The van der Waals surface area contributed by atoms with Crippen molar-refractivity contribution >= 4 is 21.7 Å². The van der Waals surface area contributed by atoms with Gasteiger partial charge in [-0.05, 0) is 18.6 Å². The Morgan fingerprint density at radius 3 is 2.96 bits per heavy atom. The highest BCUT2D eigenvalue weighted by Gasteiger charge is 2.28. The first kappa shape index (κ1) is 15.3. The maximum Gasteiger partial charge on any atom is 0.337 e. The second kappa shape index (κ2) is 5.58. The van der Waals surface area contributed by atoms with E-state index in [0.717, 1.165) is 6.42 Å². The summed E-state index contributed by atoms with van der Waals surface area (Å²) in [6.45, 7) is 2.63. The Hall–Kier alpha value is -2.55. The maximum absolute atomic E-state index is 12.6. The van der Waals surface area contributed by atoms with Crippen LogP contribution in [0.5, 0.6) is 5.88 Å². The Balaban J connectivity index is 2.03. The predicted octanol–water partition coefficient (Wildman–Crippen LogP) is 1.47. The van der Waals surface area contributed by atoms with E-state index in [-0.39, 0.29) is 22.0 Å². The minimum absolute atomic E-state index is 0.0377. The SMILES string of the molecule is Cc1cccc(C(=O)O)c1NS(=O)(=O)c1cnn2c1OCCC2. The fourth-order valence-corrected chi connectivity index (χ4v) is 3.63. The van der Waals surface area contributed by atoms with Gasteiger partial charge in [0.1, 0.15) is 0 Å². The summed E-state index contributed by atoms with van der Waals surface area (Å²) in [5, 5.41) is 13.2. The van der Waals surface area contributed by atoms with Crippen LogP contribution in [0, 0.1) is 6.92 Å². The van der Waals surface area contributed by atoms with E-state index in [1.54, 1.807) is 19.1 Å². The van der Waals surface area contributed by atoms with Gasteiger partial charge in [-0.25, -0.2) is 17.9 Å². The van der Waals surface area contributed by atoms with Gasteiger partial charge in [-0.15, -0.1) is 0 Å². The number of hydrogen-bond acceptors (Lipinski definition) is 5. The van der Waals surface area contributed by atoms with E-state index in [4.69, 9.17) is 4.74 Å². The van der Waals surface area contributed by atoms with Gasteiger partial charge in [0.25, 0.3) is 10.0 Å². The Kier molecular flexibility index (Phi) is 3.72. The largest absolute Gasteiger partial charge is 0.478 e. The second-order valence-electron chi connectivity index (χ2n) is 5.15. The van der Waals surface area contributed by atoms with E-state index in [9.17, 15) is 18.3 Å². The van der Waals surface area contributed by atoms with Crippen LogP contribution in [0.15, 0.2) is 29.3 Å². The molecule has 0 radical (unpaired) electrons. The number of nitrogens with one attached hydrogen (secondary N) is 1. The molecule has 0 aliphatic carbocycles. The molecule has 2 heterocycles. The van der Waals surface area contributed by atoms with Crippen LogP contribution in [0.2, 0.25) is 0 Å². The van der Waals surface area contributed by atoms with Crippen molar-refractivity contribution in [1.29, 1.82) is 0 Å². The number of aromatic nitrogens is 2. The van der Waals surface area contributed by atoms with Crippen LogP contribution in [0.3, 0.4) is 0 Å². The Labute approximate surface area is 132 Å². The third kappa shape index (κ3) is 2.74. The lowest BCUT2D eigenvalue weighted by atomic mass is 10.1. The quantitative estimate of drug-likeness (QED) is 0.874. The molecule has 0 bridgehead atoms. The van der Waals surface area contributed by atoms with E-state index < -0.39 is 16.0 Å². The molecule has 0 saturated carbocycles. The number of fused-ring (bicyclic) bond motifs is 1. The van der Waals surface area contributed by atoms with Crippen molar-refractivity contribution in [2.45, 2.75) is 24.8 Å². The zero-order chi connectivity index (χ0) is 16.6. The van der Waals surface area contributed by atoms with Crippen molar-refractivity contribution in [1.82, 2.24) is 9.78 Å². The van der Waals surface area contributed by atoms with Crippen molar-refractivity contribution in [2.75, 3.05) is 11.3 Å². The molecule has 2 aromatic rings. The number of carboxylic acid groups (broad SMARTS) is 1. The molecule has 2 N–H and O–H groups in total. The summed E-state index contributed by atoms with van der Waals surface area (Å²) >= 11 is 0. The van der Waals surface area contributed by atoms with Gasteiger partial charge >= 0.3 is 5.97 Å². The second-order valence-corrected chi connectivity index (χ2v) is 6.80. The summed E-state index contributed by atoms with van der Waals surface area (Å²) in [6, 6.07) is 4.53.